The monoisotopic (exact) mass is 633 g/mol. The molecule has 3 aliphatic rings. The van der Waals surface area contributed by atoms with E-state index < -0.39 is 22.6 Å². The molecular weight excluding hydrogens is 594 g/mol. The Morgan fingerprint density at radius 3 is 2.50 bits per heavy atom. The number of hydrogen-bond donors (Lipinski definition) is 1. The number of aliphatic hydroxyl groups excluding tert-OH is 1. The van der Waals surface area contributed by atoms with Crippen molar-refractivity contribution in [1.29, 1.82) is 0 Å². The summed E-state index contributed by atoms with van der Waals surface area (Å²) in [6.07, 6.45) is 5.76. The van der Waals surface area contributed by atoms with Crippen molar-refractivity contribution in [3.63, 3.8) is 0 Å². The zero-order valence-corrected chi connectivity index (χ0v) is 25.7. The van der Waals surface area contributed by atoms with E-state index in [0.717, 1.165) is 12.8 Å². The van der Waals surface area contributed by atoms with Crippen LogP contribution in [0.15, 0.2) is 49.6 Å². The van der Waals surface area contributed by atoms with Gasteiger partial charge < -0.3 is 24.5 Å². The molecule has 218 valence electrons. The number of anilines is 1. The molecule has 40 heavy (non-hydrogen) atoms. The number of alkyl halides is 1. The molecule has 3 fully saturated rings. The molecule has 0 radical (unpaired) electrons. The van der Waals surface area contributed by atoms with Gasteiger partial charge in [0.1, 0.15) is 11.8 Å². The van der Waals surface area contributed by atoms with Gasteiger partial charge in [-0.2, -0.15) is 0 Å². The molecule has 3 saturated heterocycles. The van der Waals surface area contributed by atoms with Crippen LogP contribution in [0.4, 0.5) is 5.69 Å². The Hall–Kier alpha value is -2.30. The minimum Gasteiger partial charge on any atom is -0.494 e. The van der Waals surface area contributed by atoms with E-state index in [1.54, 1.807) is 33.7 Å². The van der Waals surface area contributed by atoms with E-state index in [2.05, 4.69) is 36.0 Å². The maximum atomic E-state index is 14.4. The van der Waals surface area contributed by atoms with Crippen molar-refractivity contribution in [2.45, 2.75) is 54.0 Å². The number of benzene rings is 1. The number of unbranched alkanes of at least 4 members (excludes halogenated alkanes) is 1. The SMILES string of the molecule is C=CCN(CCCC)C(=O)C1N(CCO)C(=O)[C@@H]2[C@@H](C(=O)N(CC=C)c3ccc(OCC)cc3)[C@@H]3SC12CC3Br. The van der Waals surface area contributed by atoms with Gasteiger partial charge in [0.05, 0.1) is 29.8 Å². The van der Waals surface area contributed by atoms with Gasteiger partial charge in [0, 0.05) is 41.9 Å². The average Bonchev–Trinajstić information content (AvgIpc) is 3.53. The number of ether oxygens (including phenoxy) is 1. The first-order valence-corrected chi connectivity index (χ1v) is 15.9. The maximum absolute atomic E-state index is 14.4. The lowest BCUT2D eigenvalue weighted by molar-refractivity contribution is -0.143. The molecule has 10 heteroatoms. The van der Waals surface area contributed by atoms with Crippen LogP contribution in [0, 0.1) is 11.8 Å². The van der Waals surface area contributed by atoms with Gasteiger partial charge in [0.25, 0.3) is 0 Å². The van der Waals surface area contributed by atoms with Crippen LogP contribution in [0.2, 0.25) is 0 Å². The molecule has 8 nitrogen and oxygen atoms in total. The standard InChI is InChI=1S/C30H40BrN3O5S/c1-5-9-16-32(14-6-2)29(38)26-30-19-22(31)25(40-30)23(24(30)28(37)34(26)17-18-35)27(36)33(15-7-3)20-10-12-21(13-11-20)39-8-4/h6-7,10-13,22-26,35H,2-3,5,8-9,14-19H2,1,4H3/t22?,23-,24+,25-,26?,30?/m1/s1. The second-order valence-electron chi connectivity index (χ2n) is 10.5. The largest absolute Gasteiger partial charge is 0.494 e. The number of β-amino-alcohol motifs (C(OH)–C–C–N with tert-alkyl or cyclic N) is 1. The third-order valence-corrected chi connectivity index (χ3v) is 11.3. The van der Waals surface area contributed by atoms with E-state index >= 15 is 0 Å². The summed E-state index contributed by atoms with van der Waals surface area (Å²) < 4.78 is 4.81. The Morgan fingerprint density at radius 2 is 1.90 bits per heavy atom. The molecule has 0 aliphatic carbocycles. The Bertz CT molecular complexity index is 1120. The highest BCUT2D eigenvalue weighted by Crippen LogP contribution is 2.68. The van der Waals surface area contributed by atoms with Crippen molar-refractivity contribution in [3.05, 3.63) is 49.6 Å². The number of aliphatic hydroxyl groups is 1. The summed E-state index contributed by atoms with van der Waals surface area (Å²) in [5.74, 6) is -1.07. The first kappa shape index (κ1) is 30.7. The van der Waals surface area contributed by atoms with E-state index in [1.807, 2.05) is 31.2 Å². The van der Waals surface area contributed by atoms with E-state index in [-0.39, 0.29) is 47.5 Å². The van der Waals surface area contributed by atoms with Crippen molar-refractivity contribution in [1.82, 2.24) is 9.80 Å². The van der Waals surface area contributed by atoms with E-state index in [4.69, 9.17) is 4.74 Å². The zero-order valence-electron chi connectivity index (χ0n) is 23.3. The van der Waals surface area contributed by atoms with Gasteiger partial charge >= 0.3 is 0 Å². The molecule has 4 rings (SSSR count). The van der Waals surface area contributed by atoms with Crippen LogP contribution in [-0.4, -0.2) is 92.9 Å². The number of carbonyl (C=O) groups is 3. The number of hydrogen-bond acceptors (Lipinski definition) is 6. The molecule has 3 unspecified atom stereocenters. The molecule has 1 N–H and O–H groups in total. The Labute approximate surface area is 249 Å². The van der Waals surface area contributed by atoms with Gasteiger partial charge in [0.2, 0.25) is 17.7 Å². The second kappa shape index (κ2) is 13.1. The smallest absolute Gasteiger partial charge is 0.247 e. The van der Waals surface area contributed by atoms with E-state index in [9.17, 15) is 19.5 Å². The Balaban J connectivity index is 1.72. The van der Waals surface area contributed by atoms with Crippen LogP contribution >= 0.6 is 27.7 Å². The van der Waals surface area contributed by atoms with Crippen molar-refractivity contribution >= 4 is 51.1 Å². The summed E-state index contributed by atoms with van der Waals surface area (Å²) >= 11 is 5.43. The molecule has 3 amide bonds. The number of halogens is 1. The van der Waals surface area contributed by atoms with Gasteiger partial charge in [-0.1, -0.05) is 41.4 Å². The summed E-state index contributed by atoms with van der Waals surface area (Å²) in [6, 6.07) is 6.59. The third kappa shape index (κ3) is 5.34. The first-order chi connectivity index (χ1) is 19.3. The minimum atomic E-state index is -0.757. The topological polar surface area (TPSA) is 90.4 Å². The highest BCUT2D eigenvalue weighted by Gasteiger charge is 2.76. The van der Waals surface area contributed by atoms with Crippen molar-refractivity contribution in [3.8, 4) is 5.75 Å². The fourth-order valence-corrected chi connectivity index (χ4v) is 10.1. The molecule has 0 aromatic heterocycles. The second-order valence-corrected chi connectivity index (χ2v) is 13.2. The van der Waals surface area contributed by atoms with Crippen molar-refractivity contribution in [2.75, 3.05) is 44.3 Å². The average molecular weight is 635 g/mol. The van der Waals surface area contributed by atoms with Crippen LogP contribution in [0.3, 0.4) is 0 Å². The van der Waals surface area contributed by atoms with Crippen LogP contribution < -0.4 is 9.64 Å². The van der Waals surface area contributed by atoms with Crippen LogP contribution in [0.1, 0.15) is 33.1 Å². The van der Waals surface area contributed by atoms with Gasteiger partial charge in [-0.25, -0.2) is 0 Å². The van der Waals surface area contributed by atoms with Crippen molar-refractivity contribution in [2.24, 2.45) is 11.8 Å². The van der Waals surface area contributed by atoms with Crippen LogP contribution in [-0.2, 0) is 14.4 Å². The van der Waals surface area contributed by atoms with Gasteiger partial charge in [-0.15, -0.1) is 24.9 Å². The normalized spacial score (nSPS) is 28.4. The molecular formula is C30H40BrN3O5S. The molecule has 3 aliphatic heterocycles. The van der Waals surface area contributed by atoms with Gasteiger partial charge in [-0.05, 0) is 44.0 Å². The molecule has 1 aromatic rings. The summed E-state index contributed by atoms with van der Waals surface area (Å²) in [4.78, 5) is 47.6. The minimum absolute atomic E-state index is 0.0331. The van der Waals surface area contributed by atoms with Crippen molar-refractivity contribution < 1.29 is 24.2 Å². The number of amides is 3. The van der Waals surface area contributed by atoms with Gasteiger partial charge in [-0.3, -0.25) is 14.4 Å². The number of likely N-dealkylation sites (tertiary alicyclic amines) is 1. The third-order valence-electron chi connectivity index (χ3n) is 8.13. The lowest BCUT2D eigenvalue weighted by Crippen LogP contribution is -2.56. The highest BCUT2D eigenvalue weighted by atomic mass is 79.9. The van der Waals surface area contributed by atoms with Crippen LogP contribution in [0.25, 0.3) is 0 Å². The number of thioether (sulfide) groups is 1. The lowest BCUT2D eigenvalue weighted by Gasteiger charge is -2.38. The first-order valence-electron chi connectivity index (χ1n) is 14.1. The molecule has 6 atom stereocenters. The number of carbonyl (C=O) groups excluding carboxylic acids is 3. The lowest BCUT2D eigenvalue weighted by atomic mass is 9.70. The summed E-state index contributed by atoms with van der Waals surface area (Å²) in [5.41, 5.74) is 0.698. The van der Waals surface area contributed by atoms with Crippen LogP contribution in [0.5, 0.6) is 5.75 Å². The number of nitrogens with zero attached hydrogens (tertiary/aromatic N) is 3. The summed E-state index contributed by atoms with van der Waals surface area (Å²) in [6.45, 7) is 13.3. The summed E-state index contributed by atoms with van der Waals surface area (Å²) in [5, 5.41) is 9.74. The van der Waals surface area contributed by atoms with E-state index in [0.29, 0.717) is 37.6 Å². The molecule has 2 bridgehead atoms. The van der Waals surface area contributed by atoms with Gasteiger partial charge in [0.15, 0.2) is 0 Å². The Morgan fingerprint density at radius 1 is 1.20 bits per heavy atom. The van der Waals surface area contributed by atoms with E-state index in [1.165, 1.54) is 4.90 Å². The predicted octanol–water partition coefficient (Wildman–Crippen LogP) is 3.88. The predicted molar refractivity (Wildman–Crippen MR) is 163 cm³/mol. The molecule has 1 spiro atoms. The fraction of sp³-hybridized carbons (Fsp3) is 0.567. The fourth-order valence-electron chi connectivity index (χ4n) is 6.53. The summed E-state index contributed by atoms with van der Waals surface area (Å²) in [7, 11) is 0. The number of rotatable bonds is 14. The highest BCUT2D eigenvalue weighted by molar-refractivity contribution is 9.09. The number of fused-ring (bicyclic) bond motifs is 1. The molecule has 3 heterocycles. The molecule has 0 saturated carbocycles. The maximum Gasteiger partial charge on any atom is 0.247 e. The zero-order chi connectivity index (χ0) is 29.0. The molecule has 1 aromatic carbocycles. The quantitative estimate of drug-likeness (QED) is 0.247. The Kier molecular flexibility index (Phi) is 10.1.